The van der Waals surface area contributed by atoms with E-state index in [1.807, 2.05) is 81.7 Å². The van der Waals surface area contributed by atoms with E-state index in [-0.39, 0.29) is 11.6 Å². The quantitative estimate of drug-likeness (QED) is 0.803. The molecule has 0 atom stereocenters. The number of ketones is 2. The van der Waals surface area contributed by atoms with Crippen molar-refractivity contribution in [1.82, 2.24) is 0 Å². The highest BCUT2D eigenvalue weighted by atomic mass is 16.1. The normalized spacial score (nSPS) is 23.2. The van der Waals surface area contributed by atoms with Crippen LogP contribution < -0.4 is 0 Å². The predicted octanol–water partition coefficient (Wildman–Crippen LogP) is 3.33. The molecule has 1 aromatic rings. The molecule has 24 heavy (non-hydrogen) atoms. The molecule has 0 heterocycles. The number of hydrogen-bond acceptors (Lipinski definition) is 2. The first kappa shape index (κ1) is 15.6. The second-order valence-corrected chi connectivity index (χ2v) is 5.71. The van der Waals surface area contributed by atoms with E-state index in [0.29, 0.717) is 16.7 Å². The zero-order valence-electron chi connectivity index (χ0n) is 12.9. The Labute approximate surface area is 143 Å². The Kier molecular flexibility index (Phi) is 4.22. The molecule has 0 bridgehead atoms. The zero-order valence-corrected chi connectivity index (χ0v) is 12.9. The molecule has 2 fully saturated rings. The maximum atomic E-state index is 13.2. The van der Waals surface area contributed by atoms with Crippen LogP contribution in [0.15, 0.2) is 47.6 Å². The molecule has 0 N–H and O–H groups in total. The Bertz CT molecular complexity index is 712. The summed E-state index contributed by atoms with van der Waals surface area (Å²) in [5.74, 6) is 1.33. The lowest BCUT2D eigenvalue weighted by atomic mass is 9.75. The van der Waals surface area contributed by atoms with Crippen LogP contribution in [0.5, 0.6) is 0 Å². The number of Topliss-reactive ketones (excluding diaryl/α,β-unsaturated/α-hetero) is 1. The molecule has 0 saturated heterocycles. The highest BCUT2D eigenvalue weighted by Gasteiger charge is 2.39. The van der Waals surface area contributed by atoms with Gasteiger partial charge in [-0.3, -0.25) is 9.59 Å². The fraction of sp³-hybridized carbons (Fsp3) is 0. The molecular weight excluding hydrogens is 296 g/mol. The van der Waals surface area contributed by atoms with E-state index < -0.39 is 0 Å². The van der Waals surface area contributed by atoms with Gasteiger partial charge in [0.2, 0.25) is 0 Å². The van der Waals surface area contributed by atoms with Gasteiger partial charge in [-0.15, -0.1) is 0 Å². The van der Waals surface area contributed by atoms with Crippen LogP contribution in [0.4, 0.5) is 0 Å². The van der Waals surface area contributed by atoms with Gasteiger partial charge >= 0.3 is 0 Å². The molecule has 0 aliphatic heterocycles. The number of rotatable bonds is 3. The summed E-state index contributed by atoms with van der Waals surface area (Å²) in [5.41, 5.74) is 2.18. The van der Waals surface area contributed by atoms with Crippen LogP contribution in [0.25, 0.3) is 5.57 Å². The van der Waals surface area contributed by atoms with Crippen molar-refractivity contribution in [3.05, 3.63) is 116 Å². The van der Waals surface area contributed by atoms with Gasteiger partial charge in [0.1, 0.15) is 0 Å². The first-order valence-electron chi connectivity index (χ1n) is 7.80. The molecule has 4 rings (SSSR count). The van der Waals surface area contributed by atoms with Gasteiger partial charge < -0.3 is 0 Å². The summed E-state index contributed by atoms with van der Waals surface area (Å²) in [5, 5.41) is 0. The van der Waals surface area contributed by atoms with Gasteiger partial charge in [-0.05, 0) is 63.0 Å². The lowest BCUT2D eigenvalue weighted by Crippen LogP contribution is -2.25. The summed E-state index contributed by atoms with van der Waals surface area (Å²) in [4.78, 5) is 26.0. The largest absolute Gasteiger partial charge is 0.290 e. The molecule has 3 aliphatic carbocycles. The number of allylic oxidation sites excluding steroid dienone is 4. The summed E-state index contributed by atoms with van der Waals surface area (Å²) in [6, 6.07) is 9.34. The number of carbonyl (C=O) groups is 2. The molecule has 2 saturated carbocycles. The topological polar surface area (TPSA) is 34.1 Å². The van der Waals surface area contributed by atoms with Crippen LogP contribution in [0.3, 0.4) is 0 Å². The van der Waals surface area contributed by atoms with Crippen LogP contribution in [0, 0.1) is 63.2 Å². The first-order chi connectivity index (χ1) is 11.8. The maximum Gasteiger partial charge on any atom is 0.190 e. The Morgan fingerprint density at radius 3 is 1.75 bits per heavy atom. The summed E-state index contributed by atoms with van der Waals surface area (Å²) in [6.07, 6.45) is 16.4. The molecule has 114 valence electrons. The fourth-order valence-corrected chi connectivity index (χ4v) is 3.12. The summed E-state index contributed by atoms with van der Waals surface area (Å²) < 4.78 is 0. The molecule has 10 radical (unpaired) electrons. The van der Waals surface area contributed by atoms with Crippen molar-refractivity contribution in [3.8, 4) is 0 Å². The molecule has 3 aliphatic rings. The van der Waals surface area contributed by atoms with E-state index >= 15 is 0 Å². The second-order valence-electron chi connectivity index (χ2n) is 5.71. The monoisotopic (exact) mass is 310 g/mol. The van der Waals surface area contributed by atoms with Gasteiger partial charge in [0.15, 0.2) is 11.6 Å². The Morgan fingerprint density at radius 1 is 0.625 bits per heavy atom. The van der Waals surface area contributed by atoms with E-state index in [4.69, 9.17) is 0 Å². The number of carbonyl (C=O) groups excluding carboxylic acids is 2. The molecule has 2 heteroatoms. The molecule has 0 unspecified atom stereocenters. The minimum atomic E-state index is -0.129. The SMILES string of the molecule is O=C1C=C(c2ccccc2)C(=O)C([C]2[CH][CH][CH][CH]2)=C1[C]1[CH][CH][CH][CH]1. The molecule has 0 amide bonds. The fourth-order valence-electron chi connectivity index (χ4n) is 3.12. The van der Waals surface area contributed by atoms with Gasteiger partial charge in [-0.1, -0.05) is 30.3 Å². The smallest absolute Gasteiger partial charge is 0.190 e. The summed E-state index contributed by atoms with van der Waals surface area (Å²) >= 11 is 0. The standard InChI is InChI=1S/C22H14O2/c23-19-14-18(15-8-2-1-3-9-15)22(24)21(17-12-6-7-13-17)20(19)16-10-4-5-11-16/h1-14H. The molecule has 0 aromatic heterocycles. The Morgan fingerprint density at radius 2 is 1.17 bits per heavy atom. The average Bonchev–Trinajstić information content (AvgIpc) is 3.30. The third-order valence-electron chi connectivity index (χ3n) is 4.23. The van der Waals surface area contributed by atoms with Crippen molar-refractivity contribution in [3.63, 3.8) is 0 Å². The number of benzene rings is 1. The van der Waals surface area contributed by atoms with Gasteiger partial charge in [-0.25, -0.2) is 0 Å². The van der Waals surface area contributed by atoms with Gasteiger partial charge in [0.05, 0.1) is 0 Å². The van der Waals surface area contributed by atoms with Crippen LogP contribution in [0.1, 0.15) is 5.56 Å². The van der Waals surface area contributed by atoms with Gasteiger partial charge in [-0.2, -0.15) is 0 Å². The van der Waals surface area contributed by atoms with E-state index in [0.717, 1.165) is 17.4 Å². The lowest BCUT2D eigenvalue weighted by Gasteiger charge is -2.25. The Balaban J connectivity index is 1.79. The van der Waals surface area contributed by atoms with Crippen LogP contribution in [0.2, 0.25) is 0 Å². The molecule has 1 aromatic carbocycles. The predicted molar refractivity (Wildman–Crippen MR) is 92.3 cm³/mol. The molecular formula is C22H14O2. The average molecular weight is 310 g/mol. The van der Waals surface area contributed by atoms with Crippen molar-refractivity contribution in [2.24, 2.45) is 0 Å². The van der Waals surface area contributed by atoms with Crippen LogP contribution in [-0.4, -0.2) is 11.6 Å². The third-order valence-corrected chi connectivity index (χ3v) is 4.23. The lowest BCUT2D eigenvalue weighted by molar-refractivity contribution is -0.114. The van der Waals surface area contributed by atoms with Crippen molar-refractivity contribution in [2.75, 3.05) is 0 Å². The van der Waals surface area contributed by atoms with Crippen molar-refractivity contribution < 1.29 is 9.59 Å². The Hall–Kier alpha value is -1.96. The minimum absolute atomic E-state index is 0.108. The summed E-state index contributed by atoms with van der Waals surface area (Å²) in [6.45, 7) is 0. The molecule has 2 nitrogen and oxygen atoms in total. The third kappa shape index (κ3) is 2.68. The van der Waals surface area contributed by atoms with E-state index in [9.17, 15) is 9.59 Å². The van der Waals surface area contributed by atoms with Gasteiger partial charge in [0.25, 0.3) is 0 Å². The zero-order chi connectivity index (χ0) is 16.5. The minimum Gasteiger partial charge on any atom is -0.290 e. The second kappa shape index (κ2) is 6.51. The van der Waals surface area contributed by atoms with E-state index in [2.05, 4.69) is 0 Å². The van der Waals surface area contributed by atoms with Crippen molar-refractivity contribution >= 4 is 17.1 Å². The highest BCUT2D eigenvalue weighted by Crippen LogP contribution is 2.43. The van der Waals surface area contributed by atoms with Crippen LogP contribution in [-0.2, 0) is 9.59 Å². The number of hydrogen-bond donors (Lipinski definition) is 0. The highest BCUT2D eigenvalue weighted by molar-refractivity contribution is 6.39. The summed E-state index contributed by atoms with van der Waals surface area (Å²) in [7, 11) is 0. The van der Waals surface area contributed by atoms with Gasteiger partial charge in [0, 0.05) is 28.6 Å². The van der Waals surface area contributed by atoms with E-state index in [1.165, 1.54) is 6.08 Å². The van der Waals surface area contributed by atoms with Crippen molar-refractivity contribution in [1.29, 1.82) is 0 Å². The van der Waals surface area contributed by atoms with E-state index in [1.54, 1.807) is 0 Å². The van der Waals surface area contributed by atoms with Crippen LogP contribution >= 0.6 is 0 Å². The molecule has 0 spiro atoms. The maximum absolute atomic E-state index is 13.2. The van der Waals surface area contributed by atoms with Crippen molar-refractivity contribution in [2.45, 2.75) is 0 Å². The first-order valence-corrected chi connectivity index (χ1v) is 7.80.